The lowest BCUT2D eigenvalue weighted by Crippen LogP contribution is -1.86. The number of imidazole rings is 2. The molecule has 2 aromatic heterocycles. The molecular weight excluding hydrogens is 408 g/mol. The molecule has 0 fully saturated rings. The van der Waals surface area contributed by atoms with Crippen LogP contribution in [-0.2, 0) is 0 Å². The number of nitrogens with one attached hydrogen (secondary N) is 2. The molecule has 0 aliphatic rings. The summed E-state index contributed by atoms with van der Waals surface area (Å²) in [4.78, 5) is 16.6. The Morgan fingerprint density at radius 2 is 1.03 bits per heavy atom. The first-order valence-electron chi connectivity index (χ1n) is 9.86. The fraction of sp³-hybridized carbons (Fsp3) is 0.0833. The standard InChI is InChI=1S/C24H18N4S2/c1-3-7-17-15(5-1)9-11-19-21(17)27-23(25-19)29-13-14-30-24-26-20-12-10-16-6-2-4-8-18(16)22(20)28-24/h1-12H,13-14H2,(H,25,27)(H,26,28). The van der Waals surface area contributed by atoms with Crippen molar-refractivity contribution in [1.29, 1.82) is 0 Å². The summed E-state index contributed by atoms with van der Waals surface area (Å²) in [5, 5.41) is 6.78. The van der Waals surface area contributed by atoms with Crippen molar-refractivity contribution in [3.8, 4) is 0 Å². The molecule has 2 N–H and O–H groups in total. The zero-order valence-corrected chi connectivity index (χ0v) is 17.7. The molecule has 0 saturated heterocycles. The molecule has 0 spiro atoms. The molecule has 0 atom stereocenters. The van der Waals surface area contributed by atoms with E-state index in [2.05, 4.69) is 82.8 Å². The largest absolute Gasteiger partial charge is 0.333 e. The van der Waals surface area contributed by atoms with Gasteiger partial charge in [-0.15, -0.1) is 0 Å². The molecule has 146 valence electrons. The number of H-pyrrole nitrogens is 2. The number of benzene rings is 4. The third kappa shape index (κ3) is 3.13. The van der Waals surface area contributed by atoms with Crippen LogP contribution in [0.25, 0.3) is 43.6 Å². The molecule has 30 heavy (non-hydrogen) atoms. The molecule has 0 aliphatic heterocycles. The molecule has 2 heterocycles. The van der Waals surface area contributed by atoms with E-state index in [4.69, 9.17) is 9.97 Å². The summed E-state index contributed by atoms with van der Waals surface area (Å²) in [6.07, 6.45) is 0. The first-order chi connectivity index (χ1) is 14.8. The highest BCUT2D eigenvalue weighted by molar-refractivity contribution is 8.02. The van der Waals surface area contributed by atoms with Gasteiger partial charge in [0.05, 0.1) is 22.1 Å². The van der Waals surface area contributed by atoms with E-state index >= 15 is 0 Å². The van der Waals surface area contributed by atoms with Crippen molar-refractivity contribution in [2.75, 3.05) is 11.5 Å². The average Bonchev–Trinajstić information content (AvgIpc) is 3.40. The Morgan fingerprint density at radius 1 is 0.567 bits per heavy atom. The van der Waals surface area contributed by atoms with E-state index < -0.39 is 0 Å². The van der Waals surface area contributed by atoms with E-state index in [0.717, 1.165) is 43.9 Å². The smallest absolute Gasteiger partial charge is 0.166 e. The summed E-state index contributed by atoms with van der Waals surface area (Å²) in [7, 11) is 0. The molecule has 0 radical (unpaired) electrons. The van der Waals surface area contributed by atoms with Crippen molar-refractivity contribution in [3.05, 3.63) is 72.8 Å². The molecule has 0 amide bonds. The van der Waals surface area contributed by atoms with E-state index in [1.54, 1.807) is 23.5 Å². The number of aromatic nitrogens is 4. The van der Waals surface area contributed by atoms with Gasteiger partial charge in [0.1, 0.15) is 0 Å². The molecule has 4 aromatic carbocycles. The summed E-state index contributed by atoms with van der Waals surface area (Å²) in [6.45, 7) is 0. The van der Waals surface area contributed by atoms with Gasteiger partial charge in [0.15, 0.2) is 10.3 Å². The first kappa shape index (κ1) is 17.9. The topological polar surface area (TPSA) is 57.4 Å². The maximum absolute atomic E-state index is 4.83. The maximum Gasteiger partial charge on any atom is 0.166 e. The van der Waals surface area contributed by atoms with E-state index in [1.807, 2.05) is 0 Å². The van der Waals surface area contributed by atoms with Crippen molar-refractivity contribution < 1.29 is 0 Å². The fourth-order valence-electron chi connectivity index (χ4n) is 3.86. The predicted molar refractivity (Wildman–Crippen MR) is 129 cm³/mol. The monoisotopic (exact) mass is 426 g/mol. The Hall–Kier alpha value is -2.96. The van der Waals surface area contributed by atoms with Crippen LogP contribution in [-0.4, -0.2) is 31.4 Å². The lowest BCUT2D eigenvalue weighted by atomic mass is 10.1. The number of fused-ring (bicyclic) bond motifs is 6. The Kier molecular flexibility index (Phi) is 4.39. The lowest BCUT2D eigenvalue weighted by molar-refractivity contribution is 1.08. The van der Waals surface area contributed by atoms with Crippen LogP contribution in [0.3, 0.4) is 0 Å². The maximum atomic E-state index is 4.83. The zero-order chi connectivity index (χ0) is 19.9. The second-order valence-corrected chi connectivity index (χ2v) is 9.31. The van der Waals surface area contributed by atoms with E-state index in [9.17, 15) is 0 Å². The summed E-state index contributed by atoms with van der Waals surface area (Å²) < 4.78 is 0. The SMILES string of the molecule is c1ccc2c(c1)ccc1[nH]c(SCCSc3nc4c(ccc5ccccc54)[nH]3)nc12. The second kappa shape index (κ2) is 7.38. The number of hydrogen-bond donors (Lipinski definition) is 2. The Morgan fingerprint density at radius 3 is 1.53 bits per heavy atom. The fourth-order valence-corrected chi connectivity index (χ4v) is 5.58. The summed E-state index contributed by atoms with van der Waals surface area (Å²) in [5.41, 5.74) is 4.28. The molecule has 0 unspecified atom stereocenters. The minimum absolute atomic E-state index is 0.959. The highest BCUT2D eigenvalue weighted by Gasteiger charge is 2.09. The quantitative estimate of drug-likeness (QED) is 0.240. The van der Waals surface area contributed by atoms with Crippen LogP contribution in [0.2, 0.25) is 0 Å². The number of thioether (sulfide) groups is 2. The van der Waals surface area contributed by atoms with Gasteiger partial charge >= 0.3 is 0 Å². The van der Waals surface area contributed by atoms with Gasteiger partial charge in [-0.05, 0) is 22.9 Å². The molecule has 6 heteroatoms. The highest BCUT2D eigenvalue weighted by atomic mass is 32.2. The number of aromatic amines is 2. The number of nitrogens with zero attached hydrogens (tertiary/aromatic N) is 2. The minimum atomic E-state index is 0.959. The molecule has 4 nitrogen and oxygen atoms in total. The average molecular weight is 427 g/mol. The van der Waals surface area contributed by atoms with Gasteiger partial charge in [-0.3, -0.25) is 0 Å². The summed E-state index contributed by atoms with van der Waals surface area (Å²) in [6, 6.07) is 25.3. The molecule has 0 bridgehead atoms. The first-order valence-corrected chi connectivity index (χ1v) is 11.8. The van der Waals surface area contributed by atoms with Gasteiger partial charge in [-0.25, -0.2) is 9.97 Å². The van der Waals surface area contributed by atoms with Crippen LogP contribution in [0, 0.1) is 0 Å². The van der Waals surface area contributed by atoms with Crippen LogP contribution in [0.1, 0.15) is 0 Å². The minimum Gasteiger partial charge on any atom is -0.333 e. The molecule has 0 aliphatic carbocycles. The molecule has 6 aromatic rings. The predicted octanol–water partition coefficient (Wildman–Crippen LogP) is 6.63. The van der Waals surface area contributed by atoms with E-state index in [1.165, 1.54) is 21.5 Å². The van der Waals surface area contributed by atoms with Crippen LogP contribution >= 0.6 is 23.5 Å². The van der Waals surface area contributed by atoms with Crippen LogP contribution in [0.4, 0.5) is 0 Å². The highest BCUT2D eigenvalue weighted by Crippen LogP contribution is 2.29. The van der Waals surface area contributed by atoms with Gasteiger partial charge in [-0.1, -0.05) is 84.2 Å². The summed E-state index contributed by atoms with van der Waals surface area (Å²) in [5.74, 6) is 1.92. The van der Waals surface area contributed by atoms with Gasteiger partial charge < -0.3 is 9.97 Å². The van der Waals surface area contributed by atoms with Gasteiger partial charge in [0.25, 0.3) is 0 Å². The number of rotatable bonds is 5. The summed E-state index contributed by atoms with van der Waals surface area (Å²) >= 11 is 3.51. The molecule has 6 rings (SSSR count). The number of hydrogen-bond acceptors (Lipinski definition) is 4. The Balaban J connectivity index is 1.17. The van der Waals surface area contributed by atoms with E-state index in [0.29, 0.717) is 0 Å². The van der Waals surface area contributed by atoms with Gasteiger partial charge in [-0.2, -0.15) is 0 Å². The van der Waals surface area contributed by atoms with E-state index in [-0.39, 0.29) is 0 Å². The van der Waals surface area contributed by atoms with Gasteiger partial charge in [0.2, 0.25) is 0 Å². The second-order valence-electron chi connectivity index (χ2n) is 7.15. The lowest BCUT2D eigenvalue weighted by Gasteiger charge is -1.97. The van der Waals surface area contributed by atoms with Crippen LogP contribution < -0.4 is 0 Å². The molecular formula is C24H18N4S2. The van der Waals surface area contributed by atoms with Crippen molar-refractivity contribution in [2.24, 2.45) is 0 Å². The van der Waals surface area contributed by atoms with Crippen molar-refractivity contribution in [3.63, 3.8) is 0 Å². The normalized spacial score (nSPS) is 11.9. The third-order valence-electron chi connectivity index (χ3n) is 5.27. The van der Waals surface area contributed by atoms with Crippen molar-refractivity contribution >= 4 is 67.1 Å². The van der Waals surface area contributed by atoms with Crippen molar-refractivity contribution in [2.45, 2.75) is 10.3 Å². The Bertz CT molecular complexity index is 1400. The zero-order valence-electron chi connectivity index (χ0n) is 16.1. The molecule has 0 saturated carbocycles. The Labute approximate surface area is 181 Å². The van der Waals surface area contributed by atoms with Gasteiger partial charge in [0, 0.05) is 22.3 Å². The third-order valence-corrected chi connectivity index (χ3v) is 7.28. The van der Waals surface area contributed by atoms with Crippen LogP contribution in [0.5, 0.6) is 0 Å². The van der Waals surface area contributed by atoms with Crippen molar-refractivity contribution in [1.82, 2.24) is 19.9 Å². The van der Waals surface area contributed by atoms with Crippen LogP contribution in [0.15, 0.2) is 83.1 Å².